The fourth-order valence-electron chi connectivity index (χ4n) is 3.12. The molecule has 1 fully saturated rings. The molecule has 1 aromatic carbocycles. The Balaban J connectivity index is 2.14. The lowest BCUT2D eigenvalue weighted by Gasteiger charge is -2.16. The van der Waals surface area contributed by atoms with Crippen LogP contribution >= 0.6 is 15.9 Å². The predicted molar refractivity (Wildman–Crippen MR) is 92.7 cm³/mol. The zero-order valence-electron chi connectivity index (χ0n) is 12.4. The third-order valence-corrected chi connectivity index (χ3v) is 4.68. The van der Waals surface area contributed by atoms with Crippen molar-refractivity contribution < 1.29 is 0 Å². The van der Waals surface area contributed by atoms with Gasteiger partial charge in [0.25, 0.3) is 5.56 Å². The highest BCUT2D eigenvalue weighted by atomic mass is 79.9. The van der Waals surface area contributed by atoms with Crippen LogP contribution in [0.5, 0.6) is 0 Å². The van der Waals surface area contributed by atoms with Crippen molar-refractivity contribution in [1.29, 1.82) is 0 Å². The molecule has 6 nitrogen and oxygen atoms in total. The van der Waals surface area contributed by atoms with Crippen molar-refractivity contribution >= 4 is 38.6 Å². The van der Waals surface area contributed by atoms with Crippen LogP contribution in [0.2, 0.25) is 0 Å². The van der Waals surface area contributed by atoms with Crippen LogP contribution in [0.1, 0.15) is 12.8 Å². The van der Waals surface area contributed by atoms with Crippen molar-refractivity contribution in [2.24, 2.45) is 0 Å². The first-order valence-electron chi connectivity index (χ1n) is 7.46. The molecular weight excluding hydrogens is 358 g/mol. The maximum Gasteiger partial charge on any atom is 0.263 e. The highest BCUT2D eigenvalue weighted by Gasteiger charge is 2.22. The number of halogens is 1. The third-order valence-electron chi connectivity index (χ3n) is 4.18. The Morgan fingerprint density at radius 1 is 1.26 bits per heavy atom. The summed E-state index contributed by atoms with van der Waals surface area (Å²) in [6, 6.07) is 5.65. The Labute approximate surface area is 140 Å². The van der Waals surface area contributed by atoms with E-state index in [1.54, 1.807) is 0 Å². The molecule has 2 aromatic heterocycles. The zero-order valence-corrected chi connectivity index (χ0v) is 14.0. The molecule has 1 aliphatic heterocycles. The SMILES string of the molecule is C#CCn1c(=O)c2cc(Br)ccc2n2c(N3CCCC3)nnc12. The second kappa shape index (κ2) is 5.39. The summed E-state index contributed by atoms with van der Waals surface area (Å²) < 4.78 is 4.29. The largest absolute Gasteiger partial charge is 0.341 e. The van der Waals surface area contributed by atoms with Gasteiger partial charge >= 0.3 is 0 Å². The summed E-state index contributed by atoms with van der Waals surface area (Å²) in [5, 5.41) is 9.17. The van der Waals surface area contributed by atoms with Gasteiger partial charge in [0.15, 0.2) is 0 Å². The van der Waals surface area contributed by atoms with Crippen LogP contribution in [0.25, 0.3) is 16.7 Å². The van der Waals surface area contributed by atoms with E-state index in [1.165, 1.54) is 4.57 Å². The summed E-state index contributed by atoms with van der Waals surface area (Å²) in [5.41, 5.74) is 0.653. The number of terminal acetylenes is 1. The number of aromatic nitrogens is 4. The Morgan fingerprint density at radius 3 is 2.78 bits per heavy atom. The molecule has 0 radical (unpaired) electrons. The van der Waals surface area contributed by atoms with Crippen LogP contribution in [-0.4, -0.2) is 32.3 Å². The van der Waals surface area contributed by atoms with Crippen LogP contribution in [-0.2, 0) is 6.54 Å². The average molecular weight is 372 g/mol. The van der Waals surface area contributed by atoms with E-state index in [0.717, 1.165) is 41.9 Å². The molecule has 0 N–H and O–H groups in total. The van der Waals surface area contributed by atoms with E-state index in [-0.39, 0.29) is 12.1 Å². The number of fused-ring (bicyclic) bond motifs is 3. The topological polar surface area (TPSA) is 55.4 Å². The van der Waals surface area contributed by atoms with Crippen LogP contribution in [0.15, 0.2) is 27.5 Å². The van der Waals surface area contributed by atoms with Gasteiger partial charge in [0.2, 0.25) is 11.7 Å². The van der Waals surface area contributed by atoms with Gasteiger partial charge in [-0.3, -0.25) is 9.36 Å². The van der Waals surface area contributed by atoms with Gasteiger partial charge in [0, 0.05) is 17.6 Å². The first-order valence-corrected chi connectivity index (χ1v) is 8.25. The Bertz CT molecular complexity index is 1010. The highest BCUT2D eigenvalue weighted by Crippen LogP contribution is 2.24. The highest BCUT2D eigenvalue weighted by molar-refractivity contribution is 9.10. The van der Waals surface area contributed by atoms with Gasteiger partial charge in [0.1, 0.15) is 0 Å². The average Bonchev–Trinajstić information content (AvgIpc) is 3.20. The van der Waals surface area contributed by atoms with Crippen molar-refractivity contribution in [2.45, 2.75) is 19.4 Å². The van der Waals surface area contributed by atoms with Crippen LogP contribution in [0.4, 0.5) is 5.95 Å². The van der Waals surface area contributed by atoms with E-state index in [9.17, 15) is 4.79 Å². The smallest absolute Gasteiger partial charge is 0.263 e. The molecule has 0 amide bonds. The first kappa shape index (κ1) is 14.3. The molecule has 3 aromatic rings. The van der Waals surface area contributed by atoms with Gasteiger partial charge in [-0.05, 0) is 31.0 Å². The molecule has 4 rings (SSSR count). The number of rotatable bonds is 2. The Morgan fingerprint density at radius 2 is 2.04 bits per heavy atom. The van der Waals surface area contributed by atoms with E-state index < -0.39 is 0 Å². The summed E-state index contributed by atoms with van der Waals surface area (Å²) >= 11 is 3.43. The molecule has 0 saturated carbocycles. The van der Waals surface area contributed by atoms with Crippen molar-refractivity contribution in [2.75, 3.05) is 18.0 Å². The van der Waals surface area contributed by atoms with Crippen LogP contribution < -0.4 is 10.5 Å². The summed E-state index contributed by atoms with van der Waals surface area (Å²) in [7, 11) is 0. The predicted octanol–water partition coefficient (Wildman–Crippen LogP) is 2.04. The molecule has 3 heterocycles. The van der Waals surface area contributed by atoms with Gasteiger partial charge in [-0.25, -0.2) is 4.40 Å². The van der Waals surface area contributed by atoms with Crippen LogP contribution in [0.3, 0.4) is 0 Å². The minimum absolute atomic E-state index is 0.146. The quantitative estimate of drug-likeness (QED) is 0.646. The van der Waals surface area contributed by atoms with Gasteiger partial charge < -0.3 is 4.90 Å². The monoisotopic (exact) mass is 371 g/mol. The minimum Gasteiger partial charge on any atom is -0.341 e. The number of hydrogen-bond acceptors (Lipinski definition) is 4. The molecule has 0 unspecified atom stereocenters. The minimum atomic E-state index is -0.146. The molecule has 116 valence electrons. The summed E-state index contributed by atoms with van der Waals surface area (Å²) in [6.07, 6.45) is 7.72. The molecule has 0 atom stereocenters. The number of hydrogen-bond donors (Lipinski definition) is 0. The first-order chi connectivity index (χ1) is 11.2. The Hall–Kier alpha value is -2.33. The lowest BCUT2D eigenvalue weighted by atomic mass is 10.2. The van der Waals surface area contributed by atoms with Crippen molar-refractivity contribution in [3.63, 3.8) is 0 Å². The van der Waals surface area contributed by atoms with E-state index in [2.05, 4.69) is 36.9 Å². The molecule has 1 aliphatic rings. The lowest BCUT2D eigenvalue weighted by molar-refractivity contribution is 0.800. The number of nitrogens with zero attached hydrogens (tertiary/aromatic N) is 5. The summed E-state index contributed by atoms with van der Waals surface area (Å²) in [5.74, 6) is 3.80. The normalized spacial score (nSPS) is 14.7. The van der Waals surface area contributed by atoms with E-state index in [0.29, 0.717) is 11.2 Å². The van der Waals surface area contributed by atoms with E-state index >= 15 is 0 Å². The second-order valence-corrected chi connectivity index (χ2v) is 6.50. The molecular formula is C16H14BrN5O. The zero-order chi connectivity index (χ0) is 16.0. The van der Waals surface area contributed by atoms with Gasteiger partial charge in [-0.15, -0.1) is 16.6 Å². The summed E-state index contributed by atoms with van der Waals surface area (Å²) in [4.78, 5) is 15.0. The Kier molecular flexibility index (Phi) is 3.34. The molecule has 1 saturated heterocycles. The van der Waals surface area contributed by atoms with Crippen molar-refractivity contribution in [3.8, 4) is 12.3 Å². The van der Waals surface area contributed by atoms with E-state index in [1.807, 2.05) is 22.6 Å². The standard InChI is InChI=1S/C16H14BrN5O/c1-2-7-21-14(23)12-10-11(17)5-6-13(12)22-15(18-19-16(21)22)20-8-3-4-9-20/h1,5-6,10H,3-4,7-9H2. The second-order valence-electron chi connectivity index (χ2n) is 5.59. The molecule has 23 heavy (non-hydrogen) atoms. The van der Waals surface area contributed by atoms with Gasteiger partial charge in [-0.1, -0.05) is 21.9 Å². The molecule has 7 heteroatoms. The summed E-state index contributed by atoms with van der Waals surface area (Å²) in [6.45, 7) is 2.07. The molecule has 0 bridgehead atoms. The third kappa shape index (κ3) is 2.13. The van der Waals surface area contributed by atoms with Crippen molar-refractivity contribution in [3.05, 3.63) is 33.0 Å². The van der Waals surface area contributed by atoms with Gasteiger partial charge in [0.05, 0.1) is 17.4 Å². The van der Waals surface area contributed by atoms with Crippen molar-refractivity contribution in [1.82, 2.24) is 19.2 Å². The number of benzene rings is 1. The van der Waals surface area contributed by atoms with Gasteiger partial charge in [-0.2, -0.15) is 0 Å². The lowest BCUT2D eigenvalue weighted by Crippen LogP contribution is -2.25. The fourth-order valence-corrected chi connectivity index (χ4v) is 3.49. The molecule has 0 aliphatic carbocycles. The number of anilines is 1. The van der Waals surface area contributed by atoms with Crippen LogP contribution in [0, 0.1) is 12.3 Å². The molecule has 0 spiro atoms. The maximum atomic E-state index is 12.8. The van der Waals surface area contributed by atoms with E-state index in [4.69, 9.17) is 6.42 Å². The maximum absolute atomic E-state index is 12.8. The fraction of sp³-hybridized carbons (Fsp3) is 0.312.